The molecule has 0 saturated carbocycles. The maximum Gasteiger partial charge on any atom is 0.307 e. The van der Waals surface area contributed by atoms with Gasteiger partial charge in [0.25, 0.3) is 0 Å². The van der Waals surface area contributed by atoms with E-state index in [4.69, 9.17) is 10.2 Å². The minimum absolute atomic E-state index is 0.00383. The second kappa shape index (κ2) is 7.12. The van der Waals surface area contributed by atoms with E-state index in [1.807, 2.05) is 6.92 Å². The lowest BCUT2D eigenvalue weighted by Gasteiger charge is -2.06. The second-order valence-corrected chi connectivity index (χ2v) is 3.09. The summed E-state index contributed by atoms with van der Waals surface area (Å²) < 4.78 is 0. The number of carboxylic acid groups (broad SMARTS) is 2. The van der Waals surface area contributed by atoms with Crippen LogP contribution in [0.4, 0.5) is 0 Å². The summed E-state index contributed by atoms with van der Waals surface area (Å²) in [7, 11) is 0. The molecule has 2 N–H and O–H groups in total. The molecule has 0 heterocycles. The van der Waals surface area contributed by atoms with Crippen LogP contribution in [-0.4, -0.2) is 22.2 Å². The maximum absolute atomic E-state index is 10.6. The largest absolute Gasteiger partial charge is 0.481 e. The zero-order valence-electron chi connectivity index (χ0n) is 8.27. The molecule has 1 unspecified atom stereocenters. The van der Waals surface area contributed by atoms with Gasteiger partial charge in [0.2, 0.25) is 0 Å². The van der Waals surface area contributed by atoms with Crippen LogP contribution >= 0.6 is 0 Å². The van der Waals surface area contributed by atoms with Crippen molar-refractivity contribution >= 4 is 11.9 Å². The van der Waals surface area contributed by atoms with Gasteiger partial charge in [-0.3, -0.25) is 9.59 Å². The zero-order chi connectivity index (χ0) is 11.0. The van der Waals surface area contributed by atoms with Gasteiger partial charge >= 0.3 is 11.9 Å². The number of hydrogen-bond donors (Lipinski definition) is 2. The van der Waals surface area contributed by atoms with E-state index in [-0.39, 0.29) is 12.3 Å². The van der Waals surface area contributed by atoms with Crippen molar-refractivity contribution in [2.24, 2.45) is 5.92 Å². The summed E-state index contributed by atoms with van der Waals surface area (Å²) in [6.45, 7) is 1.83. The molecule has 14 heavy (non-hydrogen) atoms. The predicted octanol–water partition coefficient (Wildman–Crippen LogP) is 1.91. The molecule has 0 rings (SSSR count). The molecule has 0 aliphatic rings. The number of carboxylic acids is 2. The summed E-state index contributed by atoms with van der Waals surface area (Å²) in [4.78, 5) is 20.7. The standard InChI is InChI=1S/C10H16O4/c1-2-8(10(13)14)6-4-3-5-7-9(11)12/h3,5,8H,2,4,6-7H2,1H3,(H,11,12)(H,13,14). The van der Waals surface area contributed by atoms with Gasteiger partial charge in [0.15, 0.2) is 0 Å². The van der Waals surface area contributed by atoms with E-state index in [2.05, 4.69) is 0 Å². The fraction of sp³-hybridized carbons (Fsp3) is 0.600. The van der Waals surface area contributed by atoms with Crippen molar-refractivity contribution in [2.75, 3.05) is 0 Å². The first-order valence-corrected chi connectivity index (χ1v) is 4.67. The van der Waals surface area contributed by atoms with E-state index in [0.29, 0.717) is 19.3 Å². The Bertz CT molecular complexity index is 220. The van der Waals surface area contributed by atoms with Gasteiger partial charge in [0.05, 0.1) is 12.3 Å². The minimum Gasteiger partial charge on any atom is -0.481 e. The molecule has 0 aromatic carbocycles. The third-order valence-electron chi connectivity index (χ3n) is 1.98. The Kier molecular flexibility index (Phi) is 6.45. The minimum atomic E-state index is -0.869. The monoisotopic (exact) mass is 200 g/mol. The molecule has 0 aliphatic heterocycles. The molecule has 80 valence electrons. The lowest BCUT2D eigenvalue weighted by Crippen LogP contribution is -2.11. The van der Waals surface area contributed by atoms with Crippen molar-refractivity contribution in [2.45, 2.75) is 32.6 Å². The molecule has 0 radical (unpaired) electrons. The van der Waals surface area contributed by atoms with Crippen LogP contribution < -0.4 is 0 Å². The predicted molar refractivity (Wildman–Crippen MR) is 52.0 cm³/mol. The summed E-state index contributed by atoms with van der Waals surface area (Å²) in [5, 5.41) is 17.0. The maximum atomic E-state index is 10.6. The van der Waals surface area contributed by atoms with Crippen LogP contribution in [0.1, 0.15) is 32.6 Å². The number of aliphatic carboxylic acids is 2. The normalized spacial score (nSPS) is 12.9. The third-order valence-corrected chi connectivity index (χ3v) is 1.98. The quantitative estimate of drug-likeness (QED) is 0.615. The lowest BCUT2D eigenvalue weighted by atomic mass is 10.0. The molecule has 1 atom stereocenters. The van der Waals surface area contributed by atoms with Gasteiger partial charge in [-0.2, -0.15) is 0 Å². The highest BCUT2D eigenvalue weighted by Crippen LogP contribution is 2.11. The van der Waals surface area contributed by atoms with Gasteiger partial charge in [0.1, 0.15) is 0 Å². The highest BCUT2D eigenvalue weighted by atomic mass is 16.4. The van der Waals surface area contributed by atoms with Gasteiger partial charge in [-0.15, -0.1) is 0 Å². The Morgan fingerprint density at radius 1 is 1.29 bits per heavy atom. The molecule has 0 aliphatic carbocycles. The van der Waals surface area contributed by atoms with Crippen molar-refractivity contribution in [3.8, 4) is 0 Å². The van der Waals surface area contributed by atoms with E-state index in [1.54, 1.807) is 12.2 Å². The Morgan fingerprint density at radius 2 is 1.93 bits per heavy atom. The number of hydrogen-bond acceptors (Lipinski definition) is 2. The van der Waals surface area contributed by atoms with Crippen LogP contribution in [0.3, 0.4) is 0 Å². The van der Waals surface area contributed by atoms with E-state index < -0.39 is 11.9 Å². The zero-order valence-corrected chi connectivity index (χ0v) is 8.27. The Morgan fingerprint density at radius 3 is 2.36 bits per heavy atom. The van der Waals surface area contributed by atoms with Crippen molar-refractivity contribution in [1.29, 1.82) is 0 Å². The average molecular weight is 200 g/mol. The molecule has 0 bridgehead atoms. The smallest absolute Gasteiger partial charge is 0.307 e. The summed E-state index contributed by atoms with van der Waals surface area (Å²) in [6.07, 6.45) is 5.09. The van der Waals surface area contributed by atoms with Crippen LogP contribution in [0, 0.1) is 5.92 Å². The van der Waals surface area contributed by atoms with Gasteiger partial charge in [-0.1, -0.05) is 19.1 Å². The molecule has 0 spiro atoms. The molecule has 0 aromatic heterocycles. The highest BCUT2D eigenvalue weighted by Gasteiger charge is 2.12. The van der Waals surface area contributed by atoms with Gasteiger partial charge in [-0.05, 0) is 19.3 Å². The molecule has 4 nitrogen and oxygen atoms in total. The first kappa shape index (κ1) is 12.7. The van der Waals surface area contributed by atoms with E-state index >= 15 is 0 Å². The summed E-state index contributed by atoms with van der Waals surface area (Å²) >= 11 is 0. The highest BCUT2D eigenvalue weighted by molar-refractivity contribution is 5.70. The number of rotatable bonds is 7. The van der Waals surface area contributed by atoms with Crippen LogP contribution in [0.5, 0.6) is 0 Å². The molecule has 0 aromatic rings. The molecular formula is C10H16O4. The second-order valence-electron chi connectivity index (χ2n) is 3.09. The fourth-order valence-electron chi connectivity index (χ4n) is 1.10. The topological polar surface area (TPSA) is 74.6 Å². The van der Waals surface area contributed by atoms with Crippen LogP contribution in [0.25, 0.3) is 0 Å². The molecule has 0 saturated heterocycles. The van der Waals surface area contributed by atoms with E-state index in [1.165, 1.54) is 0 Å². The van der Waals surface area contributed by atoms with Gasteiger partial charge in [0, 0.05) is 0 Å². The van der Waals surface area contributed by atoms with Gasteiger partial charge in [-0.25, -0.2) is 0 Å². The summed E-state index contributed by atoms with van der Waals surface area (Å²) in [5.74, 6) is -1.96. The van der Waals surface area contributed by atoms with E-state index in [9.17, 15) is 9.59 Å². The molecular weight excluding hydrogens is 184 g/mol. The van der Waals surface area contributed by atoms with Crippen molar-refractivity contribution in [3.63, 3.8) is 0 Å². The first-order valence-electron chi connectivity index (χ1n) is 4.67. The molecule has 0 fully saturated rings. The van der Waals surface area contributed by atoms with Crippen LogP contribution in [0.2, 0.25) is 0 Å². The van der Waals surface area contributed by atoms with Gasteiger partial charge < -0.3 is 10.2 Å². The Balaban J connectivity index is 3.66. The summed E-state index contributed by atoms with van der Waals surface area (Å²) in [6, 6.07) is 0. The van der Waals surface area contributed by atoms with Crippen LogP contribution in [0.15, 0.2) is 12.2 Å². The molecule has 4 heteroatoms. The van der Waals surface area contributed by atoms with Crippen molar-refractivity contribution < 1.29 is 19.8 Å². The Labute approximate surface area is 83.2 Å². The third kappa shape index (κ3) is 6.22. The Hall–Kier alpha value is -1.32. The lowest BCUT2D eigenvalue weighted by molar-refractivity contribution is -0.142. The van der Waals surface area contributed by atoms with Crippen LogP contribution in [-0.2, 0) is 9.59 Å². The van der Waals surface area contributed by atoms with Crippen molar-refractivity contribution in [3.05, 3.63) is 12.2 Å². The fourth-order valence-corrected chi connectivity index (χ4v) is 1.10. The molecule has 0 amide bonds. The SMILES string of the molecule is CCC(CCC=CCC(=O)O)C(=O)O. The number of carbonyl (C=O) groups is 2. The van der Waals surface area contributed by atoms with Crippen molar-refractivity contribution in [1.82, 2.24) is 0 Å². The summed E-state index contributed by atoms with van der Waals surface area (Å²) in [5.41, 5.74) is 0. The average Bonchev–Trinajstić information content (AvgIpc) is 2.10. The number of allylic oxidation sites excluding steroid dienone is 1. The first-order chi connectivity index (χ1) is 6.57. The van der Waals surface area contributed by atoms with E-state index in [0.717, 1.165) is 0 Å².